The topological polar surface area (TPSA) is 108 Å². The van der Waals surface area contributed by atoms with Gasteiger partial charge >= 0.3 is 5.97 Å². The third kappa shape index (κ3) is 5.69. The Labute approximate surface area is 196 Å². The summed E-state index contributed by atoms with van der Waals surface area (Å²) in [5, 5.41) is 7.26. The molecule has 10 heteroatoms. The highest BCUT2D eigenvalue weighted by Crippen LogP contribution is 2.25. The number of nitrogens with two attached hydrogens (primary N) is 1. The molecule has 3 N–H and O–H groups in total. The molecule has 0 aliphatic rings. The van der Waals surface area contributed by atoms with Crippen LogP contribution in [0.1, 0.15) is 46.4 Å². The second-order valence-electron chi connectivity index (χ2n) is 8.00. The van der Waals surface area contributed by atoms with Crippen LogP contribution in [0.2, 0.25) is 0 Å². The highest BCUT2D eigenvalue weighted by molar-refractivity contribution is 6.02. The number of carbonyl (C=O) groups excluding carboxylic acids is 2. The first kappa shape index (κ1) is 25.1. The molecule has 34 heavy (non-hydrogen) atoms. The van der Waals surface area contributed by atoms with E-state index in [0.717, 1.165) is 17.7 Å². The van der Waals surface area contributed by atoms with Gasteiger partial charge in [0.1, 0.15) is 24.3 Å². The molecule has 182 valence electrons. The van der Waals surface area contributed by atoms with E-state index in [-0.39, 0.29) is 24.0 Å². The average molecular weight is 475 g/mol. The molecule has 0 aliphatic heterocycles. The number of aryl methyl sites for hydroxylation is 2. The molecule has 1 atom stereocenters. The molecule has 8 nitrogen and oxygen atoms in total. The fourth-order valence-electron chi connectivity index (χ4n) is 3.61. The number of esters is 1. The van der Waals surface area contributed by atoms with Crippen molar-refractivity contribution in [2.45, 2.75) is 45.8 Å². The van der Waals surface area contributed by atoms with Crippen molar-refractivity contribution in [1.82, 2.24) is 14.9 Å². The first-order valence-corrected chi connectivity index (χ1v) is 10.9. The Balaban J connectivity index is 1.70. The van der Waals surface area contributed by atoms with Crippen LogP contribution in [0.3, 0.4) is 0 Å². The largest absolute Gasteiger partial charge is 0.473 e. The van der Waals surface area contributed by atoms with Crippen molar-refractivity contribution in [3.05, 3.63) is 64.4 Å². The van der Waals surface area contributed by atoms with E-state index in [2.05, 4.69) is 15.2 Å². The molecule has 2 aromatic heterocycles. The van der Waals surface area contributed by atoms with Gasteiger partial charge < -0.3 is 20.5 Å². The number of unbranched alkanes of at least 4 members (excludes halogenated alkanes) is 1. The van der Waals surface area contributed by atoms with Crippen molar-refractivity contribution < 1.29 is 27.8 Å². The van der Waals surface area contributed by atoms with Gasteiger partial charge in [0.05, 0.1) is 29.4 Å². The average Bonchev–Trinajstić information content (AvgIpc) is 3.13. The van der Waals surface area contributed by atoms with Gasteiger partial charge in [-0.3, -0.25) is 9.59 Å². The third-order valence-corrected chi connectivity index (χ3v) is 5.40. The van der Waals surface area contributed by atoms with E-state index in [1.165, 1.54) is 17.7 Å². The van der Waals surface area contributed by atoms with Crippen molar-refractivity contribution in [3.63, 3.8) is 0 Å². The molecule has 3 aromatic rings. The Hall–Kier alpha value is -3.53. The molecular weight excluding hydrogens is 446 g/mol. The van der Waals surface area contributed by atoms with E-state index >= 15 is 0 Å². The first-order chi connectivity index (χ1) is 16.2. The quantitative estimate of drug-likeness (QED) is 0.345. The number of hydrogen-bond donors (Lipinski definition) is 2. The minimum absolute atomic E-state index is 0.189. The van der Waals surface area contributed by atoms with Crippen LogP contribution in [0.25, 0.3) is 5.52 Å². The number of ether oxygens (including phenoxy) is 2. The SMILES string of the molecule is COC(=O)[C@@H](N)CCCCNC(=O)c1c(C)nn2c(OCc3c(F)cccc3F)cc(C)cc12. The van der Waals surface area contributed by atoms with Crippen molar-refractivity contribution in [3.8, 4) is 5.88 Å². The van der Waals surface area contributed by atoms with Gasteiger partial charge in [0.25, 0.3) is 5.91 Å². The summed E-state index contributed by atoms with van der Waals surface area (Å²) in [4.78, 5) is 24.2. The molecule has 1 amide bonds. The number of rotatable bonds is 10. The highest BCUT2D eigenvalue weighted by atomic mass is 19.1. The lowest BCUT2D eigenvalue weighted by atomic mass is 10.1. The Morgan fingerprint density at radius 1 is 1.18 bits per heavy atom. The van der Waals surface area contributed by atoms with Crippen molar-refractivity contribution in [2.75, 3.05) is 13.7 Å². The van der Waals surface area contributed by atoms with Crippen molar-refractivity contribution in [2.24, 2.45) is 5.73 Å². The molecule has 2 heterocycles. The summed E-state index contributed by atoms with van der Waals surface area (Å²) < 4.78 is 39.7. The number of nitrogens with one attached hydrogen (secondary N) is 1. The summed E-state index contributed by atoms with van der Waals surface area (Å²) in [6, 6.07) is 6.41. The normalized spacial score (nSPS) is 11.9. The smallest absolute Gasteiger partial charge is 0.322 e. The van der Waals surface area contributed by atoms with Crippen LogP contribution >= 0.6 is 0 Å². The monoisotopic (exact) mass is 474 g/mol. The number of halogens is 2. The van der Waals surface area contributed by atoms with Gasteiger partial charge in [0.15, 0.2) is 0 Å². The number of benzene rings is 1. The molecule has 1 aromatic carbocycles. The van der Waals surface area contributed by atoms with Gasteiger partial charge in [-0.1, -0.05) is 6.07 Å². The lowest BCUT2D eigenvalue weighted by Gasteiger charge is -2.11. The number of fused-ring (bicyclic) bond motifs is 1. The van der Waals surface area contributed by atoms with Gasteiger partial charge in [-0.15, -0.1) is 0 Å². The summed E-state index contributed by atoms with van der Waals surface area (Å²) in [6.45, 7) is 3.59. The Morgan fingerprint density at radius 3 is 2.56 bits per heavy atom. The molecule has 0 saturated heterocycles. The standard InChI is InChI=1S/C24H28F2N4O4/c1-14-11-20-22(23(31)28-10-5-4-9-19(27)24(32)33-3)15(2)29-30(20)21(12-14)34-13-16-17(25)7-6-8-18(16)26/h6-8,11-12,19H,4-5,9-10,13,27H2,1-3H3,(H,28,31)/t19-/m0/s1. The number of carbonyl (C=O) groups is 2. The predicted octanol–water partition coefficient (Wildman–Crippen LogP) is 3.21. The fourth-order valence-corrected chi connectivity index (χ4v) is 3.61. The molecule has 0 bridgehead atoms. The van der Waals surface area contributed by atoms with Gasteiger partial charge in [0, 0.05) is 12.6 Å². The van der Waals surface area contributed by atoms with E-state index in [4.69, 9.17) is 10.5 Å². The van der Waals surface area contributed by atoms with Crippen LogP contribution in [0.4, 0.5) is 8.78 Å². The minimum atomic E-state index is -0.701. The number of aromatic nitrogens is 2. The molecule has 0 aliphatic carbocycles. The molecular formula is C24H28F2N4O4. The molecule has 3 rings (SSSR count). The highest BCUT2D eigenvalue weighted by Gasteiger charge is 2.20. The maximum Gasteiger partial charge on any atom is 0.322 e. The van der Waals surface area contributed by atoms with E-state index in [0.29, 0.717) is 42.6 Å². The van der Waals surface area contributed by atoms with E-state index in [9.17, 15) is 18.4 Å². The second kappa shape index (κ2) is 11.1. The van der Waals surface area contributed by atoms with Gasteiger partial charge in [0.2, 0.25) is 5.88 Å². The number of pyridine rings is 1. The van der Waals surface area contributed by atoms with Crippen LogP contribution < -0.4 is 15.8 Å². The Kier molecular flexibility index (Phi) is 8.17. The lowest BCUT2D eigenvalue weighted by Crippen LogP contribution is -2.31. The summed E-state index contributed by atoms with van der Waals surface area (Å²) in [5.41, 5.74) is 7.70. The van der Waals surface area contributed by atoms with Crippen molar-refractivity contribution in [1.29, 1.82) is 0 Å². The zero-order valence-electron chi connectivity index (χ0n) is 19.4. The van der Waals surface area contributed by atoms with Gasteiger partial charge in [-0.25, -0.2) is 8.78 Å². The fraction of sp³-hybridized carbons (Fsp3) is 0.375. The van der Waals surface area contributed by atoms with Crippen LogP contribution in [0.15, 0.2) is 30.3 Å². The van der Waals surface area contributed by atoms with E-state index < -0.39 is 23.6 Å². The Bertz CT molecular complexity index is 1180. The number of nitrogens with zero attached hydrogens (tertiary/aromatic N) is 2. The second-order valence-corrected chi connectivity index (χ2v) is 8.00. The van der Waals surface area contributed by atoms with Crippen LogP contribution in [0, 0.1) is 25.5 Å². The van der Waals surface area contributed by atoms with Crippen LogP contribution in [-0.4, -0.2) is 41.2 Å². The summed E-state index contributed by atoms with van der Waals surface area (Å²) in [6.07, 6.45) is 1.74. The van der Waals surface area contributed by atoms with Crippen LogP contribution in [-0.2, 0) is 16.1 Å². The van der Waals surface area contributed by atoms with Gasteiger partial charge in [-0.05, 0) is 56.9 Å². The van der Waals surface area contributed by atoms with E-state index in [1.54, 1.807) is 19.1 Å². The number of hydrogen-bond acceptors (Lipinski definition) is 6. The number of methoxy groups -OCH3 is 1. The van der Waals surface area contributed by atoms with Crippen LogP contribution in [0.5, 0.6) is 5.88 Å². The van der Waals surface area contributed by atoms with Crippen molar-refractivity contribution >= 4 is 17.4 Å². The molecule has 0 radical (unpaired) electrons. The third-order valence-electron chi connectivity index (χ3n) is 5.40. The summed E-state index contributed by atoms with van der Waals surface area (Å²) in [7, 11) is 1.29. The maximum atomic E-state index is 14.0. The van der Waals surface area contributed by atoms with Gasteiger partial charge in [-0.2, -0.15) is 9.61 Å². The zero-order chi connectivity index (χ0) is 24.8. The lowest BCUT2D eigenvalue weighted by molar-refractivity contribution is -0.142. The molecule has 0 saturated carbocycles. The molecule has 0 unspecified atom stereocenters. The molecule has 0 spiro atoms. The summed E-state index contributed by atoms with van der Waals surface area (Å²) >= 11 is 0. The van der Waals surface area contributed by atoms with E-state index in [1.807, 2.05) is 6.92 Å². The molecule has 0 fully saturated rings. The number of amides is 1. The first-order valence-electron chi connectivity index (χ1n) is 10.9. The Morgan fingerprint density at radius 2 is 1.88 bits per heavy atom. The maximum absolute atomic E-state index is 14.0. The zero-order valence-corrected chi connectivity index (χ0v) is 19.4. The minimum Gasteiger partial charge on any atom is -0.473 e. The summed E-state index contributed by atoms with van der Waals surface area (Å²) in [5.74, 6) is -1.91. The predicted molar refractivity (Wildman–Crippen MR) is 122 cm³/mol.